The van der Waals surface area contributed by atoms with E-state index in [9.17, 15) is 14.9 Å². The Morgan fingerprint density at radius 2 is 1.96 bits per heavy atom. The number of amides is 1. The monoisotopic (exact) mass is 363 g/mol. The third kappa shape index (κ3) is 5.08. The van der Waals surface area contributed by atoms with Crippen molar-refractivity contribution in [3.05, 3.63) is 82.7 Å². The lowest BCUT2D eigenvalue weighted by molar-refractivity contribution is -0.384. The molecule has 0 aliphatic heterocycles. The number of aromatic nitrogens is 3. The highest BCUT2D eigenvalue weighted by atomic mass is 16.6. The van der Waals surface area contributed by atoms with Gasteiger partial charge in [0.05, 0.1) is 17.2 Å². The molecule has 8 heteroatoms. The molecule has 2 aromatic heterocycles. The van der Waals surface area contributed by atoms with E-state index in [0.29, 0.717) is 18.7 Å². The lowest BCUT2D eigenvalue weighted by Gasteiger charge is -2.03. The number of hydrogen-bond donors (Lipinski definition) is 1. The van der Waals surface area contributed by atoms with Crippen LogP contribution >= 0.6 is 0 Å². The molecule has 3 rings (SSSR count). The average Bonchev–Trinajstić information content (AvgIpc) is 3.16. The molecule has 136 valence electrons. The van der Waals surface area contributed by atoms with Gasteiger partial charge in [-0.05, 0) is 42.0 Å². The van der Waals surface area contributed by atoms with Crippen molar-refractivity contribution in [3.8, 4) is 11.4 Å². The minimum absolute atomic E-state index is 0.0147. The van der Waals surface area contributed by atoms with Crippen LogP contribution in [0.2, 0.25) is 0 Å². The van der Waals surface area contributed by atoms with Crippen molar-refractivity contribution in [1.82, 2.24) is 20.1 Å². The molecular weight excluding hydrogens is 346 g/mol. The molecule has 0 spiro atoms. The molecule has 2 heterocycles. The summed E-state index contributed by atoms with van der Waals surface area (Å²) < 4.78 is 1.74. The molecule has 0 fully saturated rings. The Kier molecular flexibility index (Phi) is 5.68. The number of nitro benzene ring substituents is 1. The third-order valence-electron chi connectivity index (χ3n) is 3.74. The number of rotatable bonds is 7. The Labute approximate surface area is 155 Å². The van der Waals surface area contributed by atoms with E-state index < -0.39 is 4.92 Å². The highest BCUT2D eigenvalue weighted by Crippen LogP contribution is 2.13. The zero-order valence-electron chi connectivity index (χ0n) is 14.4. The van der Waals surface area contributed by atoms with Gasteiger partial charge < -0.3 is 5.32 Å². The first kappa shape index (κ1) is 18.0. The maximum atomic E-state index is 11.9. The first-order valence-corrected chi connectivity index (χ1v) is 8.27. The Balaban J connectivity index is 1.47. The number of nitrogens with zero attached hydrogens (tertiary/aromatic N) is 4. The van der Waals surface area contributed by atoms with Crippen LogP contribution in [0.25, 0.3) is 17.5 Å². The Hall–Kier alpha value is -3.81. The molecule has 0 radical (unpaired) electrons. The van der Waals surface area contributed by atoms with Gasteiger partial charge in [0.25, 0.3) is 5.69 Å². The van der Waals surface area contributed by atoms with Gasteiger partial charge >= 0.3 is 0 Å². The number of non-ortho nitro benzene ring substituents is 1. The Bertz CT molecular complexity index is 949. The maximum absolute atomic E-state index is 11.9. The van der Waals surface area contributed by atoms with Gasteiger partial charge in [0.2, 0.25) is 5.91 Å². The summed E-state index contributed by atoms with van der Waals surface area (Å²) in [6, 6.07) is 13.5. The van der Waals surface area contributed by atoms with Crippen LogP contribution in [0.3, 0.4) is 0 Å². The Morgan fingerprint density at radius 3 is 2.67 bits per heavy atom. The fourth-order valence-electron chi connectivity index (χ4n) is 2.37. The predicted molar refractivity (Wildman–Crippen MR) is 101 cm³/mol. The van der Waals surface area contributed by atoms with E-state index in [1.165, 1.54) is 18.2 Å². The molecule has 0 unspecified atom stereocenters. The van der Waals surface area contributed by atoms with Gasteiger partial charge in [0, 0.05) is 37.1 Å². The standard InChI is InChI=1S/C19H17N5O3/c25-19(9-6-15-4-7-16(8-5-15)24(26)27)21-12-14-23-13-10-18(22-23)17-3-1-2-11-20-17/h1-11,13H,12,14H2,(H,21,25)/b9-6+. The van der Waals surface area contributed by atoms with Gasteiger partial charge in [-0.15, -0.1) is 0 Å². The highest BCUT2D eigenvalue weighted by molar-refractivity contribution is 5.91. The van der Waals surface area contributed by atoms with E-state index >= 15 is 0 Å². The van der Waals surface area contributed by atoms with E-state index in [2.05, 4.69) is 15.4 Å². The second kappa shape index (κ2) is 8.52. The maximum Gasteiger partial charge on any atom is 0.269 e. The first-order chi connectivity index (χ1) is 13.1. The van der Waals surface area contributed by atoms with Crippen molar-refractivity contribution in [3.63, 3.8) is 0 Å². The van der Waals surface area contributed by atoms with Gasteiger partial charge in [-0.25, -0.2) is 0 Å². The van der Waals surface area contributed by atoms with Crippen molar-refractivity contribution in [2.75, 3.05) is 6.54 Å². The van der Waals surface area contributed by atoms with Crippen molar-refractivity contribution in [2.45, 2.75) is 6.54 Å². The summed E-state index contributed by atoms with van der Waals surface area (Å²) in [5.41, 5.74) is 2.30. The average molecular weight is 363 g/mol. The number of nitro groups is 1. The van der Waals surface area contributed by atoms with E-state index in [0.717, 1.165) is 11.4 Å². The van der Waals surface area contributed by atoms with E-state index in [1.54, 1.807) is 29.1 Å². The topological polar surface area (TPSA) is 103 Å². The fourth-order valence-corrected chi connectivity index (χ4v) is 2.37. The fraction of sp³-hybridized carbons (Fsp3) is 0.105. The molecule has 27 heavy (non-hydrogen) atoms. The zero-order valence-corrected chi connectivity index (χ0v) is 14.4. The molecule has 8 nitrogen and oxygen atoms in total. The van der Waals surface area contributed by atoms with Crippen LogP contribution in [0.4, 0.5) is 5.69 Å². The molecule has 1 N–H and O–H groups in total. The normalized spacial score (nSPS) is 10.8. The van der Waals surface area contributed by atoms with Gasteiger partial charge in [-0.2, -0.15) is 5.10 Å². The largest absolute Gasteiger partial charge is 0.351 e. The SMILES string of the molecule is O=C(/C=C/c1ccc([N+](=O)[O-])cc1)NCCn1ccc(-c2ccccn2)n1. The van der Waals surface area contributed by atoms with Crippen molar-refractivity contribution < 1.29 is 9.72 Å². The number of benzene rings is 1. The van der Waals surface area contributed by atoms with Crippen molar-refractivity contribution in [1.29, 1.82) is 0 Å². The summed E-state index contributed by atoms with van der Waals surface area (Å²) in [5.74, 6) is -0.245. The smallest absolute Gasteiger partial charge is 0.269 e. The van der Waals surface area contributed by atoms with Crippen molar-refractivity contribution in [2.24, 2.45) is 0 Å². The summed E-state index contributed by atoms with van der Waals surface area (Å²) in [4.78, 5) is 26.3. The van der Waals surface area contributed by atoms with Crippen LogP contribution in [-0.2, 0) is 11.3 Å². The van der Waals surface area contributed by atoms with Crippen LogP contribution in [0.15, 0.2) is 67.0 Å². The molecule has 3 aromatic rings. The molecule has 0 saturated carbocycles. The molecule has 0 aliphatic rings. The third-order valence-corrected chi connectivity index (χ3v) is 3.74. The molecule has 0 saturated heterocycles. The molecular formula is C19H17N5O3. The number of hydrogen-bond acceptors (Lipinski definition) is 5. The van der Waals surface area contributed by atoms with Crippen LogP contribution < -0.4 is 5.32 Å². The van der Waals surface area contributed by atoms with Crippen LogP contribution in [0.1, 0.15) is 5.56 Å². The minimum Gasteiger partial charge on any atom is -0.351 e. The van der Waals surface area contributed by atoms with Gasteiger partial charge in [-0.3, -0.25) is 24.6 Å². The highest BCUT2D eigenvalue weighted by Gasteiger charge is 2.04. The summed E-state index contributed by atoms with van der Waals surface area (Å²) in [6.45, 7) is 0.955. The summed E-state index contributed by atoms with van der Waals surface area (Å²) in [6.07, 6.45) is 6.55. The minimum atomic E-state index is -0.464. The van der Waals surface area contributed by atoms with E-state index in [1.807, 2.05) is 30.5 Å². The molecule has 0 bridgehead atoms. The van der Waals surface area contributed by atoms with Crippen LogP contribution in [0.5, 0.6) is 0 Å². The molecule has 0 atom stereocenters. The molecule has 0 aliphatic carbocycles. The van der Waals surface area contributed by atoms with Crippen molar-refractivity contribution >= 4 is 17.7 Å². The molecule has 1 aromatic carbocycles. The second-order valence-electron chi connectivity index (χ2n) is 5.65. The lowest BCUT2D eigenvalue weighted by atomic mass is 10.2. The summed E-state index contributed by atoms with van der Waals surface area (Å²) in [7, 11) is 0. The number of carbonyl (C=O) groups is 1. The summed E-state index contributed by atoms with van der Waals surface area (Å²) in [5, 5.41) is 17.8. The van der Waals surface area contributed by atoms with Crippen LogP contribution in [0, 0.1) is 10.1 Å². The lowest BCUT2D eigenvalue weighted by Crippen LogP contribution is -2.25. The quantitative estimate of drug-likeness (QED) is 0.395. The van der Waals surface area contributed by atoms with Gasteiger partial charge in [-0.1, -0.05) is 6.07 Å². The first-order valence-electron chi connectivity index (χ1n) is 8.27. The number of nitrogens with one attached hydrogen (secondary N) is 1. The predicted octanol–water partition coefficient (Wildman–Crippen LogP) is 2.68. The summed E-state index contributed by atoms with van der Waals surface area (Å²) >= 11 is 0. The van der Waals surface area contributed by atoms with E-state index in [-0.39, 0.29) is 11.6 Å². The molecule has 1 amide bonds. The van der Waals surface area contributed by atoms with Gasteiger partial charge in [0.15, 0.2) is 0 Å². The number of carbonyl (C=O) groups excluding carboxylic acids is 1. The zero-order chi connectivity index (χ0) is 19.1. The van der Waals surface area contributed by atoms with Gasteiger partial charge in [0.1, 0.15) is 5.69 Å². The van der Waals surface area contributed by atoms with Crippen LogP contribution in [-0.4, -0.2) is 32.1 Å². The Morgan fingerprint density at radius 1 is 1.15 bits per heavy atom. The second-order valence-corrected chi connectivity index (χ2v) is 5.65. The number of pyridine rings is 1. The van der Waals surface area contributed by atoms with E-state index in [4.69, 9.17) is 0 Å².